The van der Waals surface area contributed by atoms with E-state index in [9.17, 15) is 14.4 Å². The van der Waals surface area contributed by atoms with Crippen molar-refractivity contribution in [2.45, 2.75) is 36.3 Å². The van der Waals surface area contributed by atoms with Crippen LogP contribution in [0.1, 0.15) is 29.7 Å². The van der Waals surface area contributed by atoms with Crippen LogP contribution in [0.5, 0.6) is 5.75 Å². The first-order valence-electron chi connectivity index (χ1n) is 12.9. The third-order valence-electron chi connectivity index (χ3n) is 6.95. The molecule has 2 aliphatic heterocycles. The molecule has 9 heteroatoms. The van der Waals surface area contributed by atoms with Crippen molar-refractivity contribution in [2.75, 3.05) is 14.2 Å². The number of ether oxygens (including phenoxy) is 3. The predicted molar refractivity (Wildman–Crippen MR) is 151 cm³/mol. The molecule has 2 amide bonds. The van der Waals surface area contributed by atoms with Gasteiger partial charge in [-0.1, -0.05) is 84.6 Å². The van der Waals surface area contributed by atoms with E-state index >= 15 is 0 Å². The Balaban J connectivity index is 1.35. The highest BCUT2D eigenvalue weighted by molar-refractivity contribution is 8.00. The third kappa shape index (κ3) is 5.48. The fourth-order valence-corrected chi connectivity index (χ4v) is 6.25. The molecule has 8 nitrogen and oxygen atoms in total. The Hall–Kier alpha value is -4.08. The van der Waals surface area contributed by atoms with Gasteiger partial charge in [0.25, 0.3) is 5.91 Å². The Bertz CT molecular complexity index is 1370. The van der Waals surface area contributed by atoms with Crippen molar-refractivity contribution in [2.24, 2.45) is 0 Å². The number of nitrogens with one attached hydrogen (secondary N) is 1. The van der Waals surface area contributed by atoms with Crippen molar-refractivity contribution in [1.82, 2.24) is 10.2 Å². The van der Waals surface area contributed by atoms with Crippen LogP contribution in [-0.4, -0.2) is 53.8 Å². The molecule has 1 saturated heterocycles. The maximum Gasteiger partial charge on any atom is 0.356 e. The van der Waals surface area contributed by atoms with Crippen LogP contribution in [0.2, 0.25) is 0 Å². The smallest absolute Gasteiger partial charge is 0.356 e. The van der Waals surface area contributed by atoms with Gasteiger partial charge >= 0.3 is 5.97 Å². The first-order valence-corrected chi connectivity index (χ1v) is 13.8. The molecular weight excluding hydrogens is 528 g/mol. The molecule has 40 heavy (non-hydrogen) atoms. The summed E-state index contributed by atoms with van der Waals surface area (Å²) < 4.78 is 16.9. The maximum atomic E-state index is 13.7. The van der Waals surface area contributed by atoms with Crippen molar-refractivity contribution in [1.29, 1.82) is 0 Å². The van der Waals surface area contributed by atoms with E-state index < -0.39 is 28.9 Å². The molecule has 0 radical (unpaired) electrons. The zero-order valence-corrected chi connectivity index (χ0v) is 23.2. The molecule has 5 rings (SSSR count). The molecule has 2 aliphatic rings. The molecule has 0 unspecified atom stereocenters. The summed E-state index contributed by atoms with van der Waals surface area (Å²) in [7, 11) is 3.13. The number of hydrogen-bond donors (Lipinski definition) is 1. The summed E-state index contributed by atoms with van der Waals surface area (Å²) >= 11 is 1.37. The third-order valence-corrected chi connectivity index (χ3v) is 8.51. The van der Waals surface area contributed by atoms with Gasteiger partial charge in [-0.05, 0) is 41.3 Å². The Kier molecular flexibility index (Phi) is 8.23. The molecule has 0 aromatic heterocycles. The van der Waals surface area contributed by atoms with Crippen LogP contribution in [0.15, 0.2) is 96.2 Å². The van der Waals surface area contributed by atoms with Crippen LogP contribution in [0.25, 0.3) is 0 Å². The summed E-state index contributed by atoms with van der Waals surface area (Å²) in [6.45, 7) is 1.76. The van der Waals surface area contributed by atoms with Crippen LogP contribution in [0.4, 0.5) is 0 Å². The maximum absolute atomic E-state index is 13.7. The minimum absolute atomic E-state index is 0.110. The molecule has 3 atom stereocenters. The fraction of sp³-hybridized carbons (Fsp3) is 0.258. The largest absolute Gasteiger partial charge is 0.497 e. The van der Waals surface area contributed by atoms with E-state index in [4.69, 9.17) is 14.2 Å². The standard InChI is InChI=1S/C31H30N2O6S/c1-19-26(30(36)39-27(21-10-6-4-7-11-21)22-12-8-5-9-13-22)33-28(35)25(29(33)40-31(19)38-3)32-24(34)18-20-14-16-23(37-2)17-15-20/h4-17,25,27,29,31H,18H2,1-3H3,(H,32,34)/t25-,29+,31-/m0/s1. The summed E-state index contributed by atoms with van der Waals surface area (Å²) in [5.74, 6) is -0.584. The van der Waals surface area contributed by atoms with Crippen LogP contribution in [-0.2, 0) is 30.3 Å². The second kappa shape index (κ2) is 12.0. The number of fused-ring (bicyclic) bond motifs is 1. The lowest BCUT2D eigenvalue weighted by Crippen LogP contribution is -2.71. The van der Waals surface area contributed by atoms with Crippen molar-refractivity contribution < 1.29 is 28.6 Å². The Morgan fingerprint density at radius 3 is 2.08 bits per heavy atom. The number of β-lactam (4-membered cyclic amide) rings is 1. The zero-order chi connectivity index (χ0) is 28.2. The zero-order valence-electron chi connectivity index (χ0n) is 22.4. The predicted octanol–water partition coefficient (Wildman–Crippen LogP) is 4.22. The van der Waals surface area contributed by atoms with Gasteiger partial charge in [-0.2, -0.15) is 0 Å². The minimum atomic E-state index is -0.789. The average Bonchev–Trinajstić information content (AvgIpc) is 2.99. The summed E-state index contributed by atoms with van der Waals surface area (Å²) in [5, 5.41) is 2.34. The van der Waals surface area contributed by atoms with Crippen molar-refractivity contribution in [3.05, 3.63) is 113 Å². The first kappa shape index (κ1) is 27.5. The van der Waals surface area contributed by atoms with E-state index in [1.807, 2.05) is 60.7 Å². The number of carbonyl (C=O) groups excluding carboxylic acids is 3. The molecule has 0 saturated carbocycles. The molecule has 206 valence electrons. The molecule has 0 spiro atoms. The summed E-state index contributed by atoms with van der Waals surface area (Å²) in [6.07, 6.45) is -0.557. The normalized spacial score (nSPS) is 20.1. The van der Waals surface area contributed by atoms with Crippen LogP contribution < -0.4 is 10.1 Å². The number of esters is 1. The number of carbonyl (C=O) groups is 3. The Morgan fingerprint density at radius 1 is 0.925 bits per heavy atom. The number of rotatable bonds is 9. The van der Waals surface area contributed by atoms with Crippen LogP contribution >= 0.6 is 11.8 Å². The van der Waals surface area contributed by atoms with E-state index in [-0.39, 0.29) is 23.9 Å². The molecule has 0 bridgehead atoms. The van der Waals surface area contributed by atoms with Gasteiger partial charge in [0.05, 0.1) is 13.5 Å². The van der Waals surface area contributed by atoms with Gasteiger partial charge in [0.1, 0.15) is 28.3 Å². The number of methoxy groups -OCH3 is 2. The molecule has 1 N–H and O–H groups in total. The molecule has 2 heterocycles. The lowest BCUT2D eigenvalue weighted by atomic mass is 10.0. The summed E-state index contributed by atoms with van der Waals surface area (Å²) in [5.41, 5.74) is 2.67. The molecule has 3 aromatic carbocycles. The summed E-state index contributed by atoms with van der Waals surface area (Å²) in [6, 6.07) is 25.3. The highest BCUT2D eigenvalue weighted by Crippen LogP contribution is 2.45. The quantitative estimate of drug-likeness (QED) is 0.311. The second-order valence-electron chi connectivity index (χ2n) is 9.51. The number of benzene rings is 3. The van der Waals surface area contributed by atoms with Crippen LogP contribution in [0, 0.1) is 0 Å². The van der Waals surface area contributed by atoms with Gasteiger partial charge in [-0.15, -0.1) is 0 Å². The summed E-state index contributed by atoms with van der Waals surface area (Å²) in [4.78, 5) is 41.3. The van der Waals surface area contributed by atoms with E-state index in [2.05, 4.69) is 5.32 Å². The second-order valence-corrected chi connectivity index (χ2v) is 10.7. The number of nitrogens with zero attached hydrogens (tertiary/aromatic N) is 1. The van der Waals surface area contributed by atoms with Gasteiger partial charge in [-0.25, -0.2) is 4.79 Å². The number of thioether (sulfide) groups is 1. The van der Waals surface area contributed by atoms with Crippen LogP contribution in [0.3, 0.4) is 0 Å². The van der Waals surface area contributed by atoms with Crippen molar-refractivity contribution in [3.8, 4) is 5.75 Å². The van der Waals surface area contributed by atoms with E-state index in [0.29, 0.717) is 11.3 Å². The Morgan fingerprint density at radius 2 is 1.52 bits per heavy atom. The first-order chi connectivity index (χ1) is 19.4. The lowest BCUT2D eigenvalue weighted by Gasteiger charge is -2.51. The number of amides is 2. The molecule has 1 fully saturated rings. The SMILES string of the molecule is COc1ccc(CC(=O)N[C@H]2C(=O)N3C(C(=O)OC(c4ccccc4)c4ccccc4)=C(C)[C@@H](OC)S[C@H]23)cc1. The van der Waals surface area contributed by atoms with Gasteiger partial charge in [-0.3, -0.25) is 14.5 Å². The topological polar surface area (TPSA) is 94.2 Å². The highest BCUT2D eigenvalue weighted by atomic mass is 32.2. The molecular formula is C31H30N2O6S. The van der Waals surface area contributed by atoms with Gasteiger partial charge in [0, 0.05) is 7.11 Å². The van der Waals surface area contributed by atoms with E-state index in [1.54, 1.807) is 45.4 Å². The van der Waals surface area contributed by atoms with Crippen molar-refractivity contribution >= 4 is 29.5 Å². The molecule has 0 aliphatic carbocycles. The fourth-order valence-electron chi connectivity index (χ4n) is 4.90. The van der Waals surface area contributed by atoms with E-state index in [1.165, 1.54) is 16.7 Å². The average molecular weight is 559 g/mol. The van der Waals surface area contributed by atoms with Crippen molar-refractivity contribution in [3.63, 3.8) is 0 Å². The van der Waals surface area contributed by atoms with Gasteiger partial charge < -0.3 is 19.5 Å². The monoisotopic (exact) mass is 558 g/mol. The lowest BCUT2D eigenvalue weighted by molar-refractivity contribution is -0.155. The van der Waals surface area contributed by atoms with E-state index in [0.717, 1.165) is 16.7 Å². The highest BCUT2D eigenvalue weighted by Gasteiger charge is 2.56. The number of hydrogen-bond acceptors (Lipinski definition) is 7. The van der Waals surface area contributed by atoms with Gasteiger partial charge in [0.2, 0.25) is 5.91 Å². The van der Waals surface area contributed by atoms with Gasteiger partial charge in [0.15, 0.2) is 6.10 Å². The Labute approximate surface area is 237 Å². The molecule has 3 aromatic rings. The minimum Gasteiger partial charge on any atom is -0.497 e.